The first-order valence-electron chi connectivity index (χ1n) is 8.65. The van der Waals surface area contributed by atoms with Crippen molar-refractivity contribution in [2.75, 3.05) is 5.43 Å². The van der Waals surface area contributed by atoms with Gasteiger partial charge in [-0.3, -0.25) is 5.43 Å². The van der Waals surface area contributed by atoms with E-state index in [1.54, 1.807) is 6.21 Å². The van der Waals surface area contributed by atoms with Gasteiger partial charge in [0.2, 0.25) is 0 Å². The lowest BCUT2D eigenvalue weighted by molar-refractivity contribution is -0.137. The summed E-state index contributed by atoms with van der Waals surface area (Å²) in [4.78, 5) is 0. The molecule has 144 valence electrons. The van der Waals surface area contributed by atoms with Crippen molar-refractivity contribution in [2.24, 2.45) is 5.10 Å². The zero-order chi connectivity index (χ0) is 20.0. The number of hydrogen-bond donors (Lipinski definition) is 1. The molecule has 3 nitrogen and oxygen atoms in total. The third-order valence-electron chi connectivity index (χ3n) is 4.03. The van der Waals surface area contributed by atoms with Crippen LogP contribution in [0.25, 0.3) is 0 Å². The summed E-state index contributed by atoms with van der Waals surface area (Å²) in [5, 5.41) is 4.04. The number of benzene rings is 3. The van der Waals surface area contributed by atoms with Crippen LogP contribution in [0.1, 0.15) is 22.3 Å². The molecule has 0 aromatic heterocycles. The number of aryl methyl sites for hydroxylation is 1. The standard InChI is InChI=1S/C22H19F3N2O/c1-16-2-4-18(5-3-16)15-28-21-12-6-17(7-13-21)14-26-27-20-10-8-19(9-11-20)22(23,24)25/h2-14,27H,15H2,1H3. The van der Waals surface area contributed by atoms with Gasteiger partial charge in [0.1, 0.15) is 12.4 Å². The molecule has 0 fully saturated rings. The molecule has 3 aromatic rings. The van der Waals surface area contributed by atoms with E-state index in [2.05, 4.69) is 10.5 Å². The summed E-state index contributed by atoms with van der Waals surface area (Å²) in [6, 6.07) is 20.2. The smallest absolute Gasteiger partial charge is 0.416 e. The number of nitrogens with one attached hydrogen (secondary N) is 1. The van der Waals surface area contributed by atoms with Crippen LogP contribution in [-0.2, 0) is 12.8 Å². The van der Waals surface area contributed by atoms with Gasteiger partial charge in [-0.1, -0.05) is 29.8 Å². The minimum atomic E-state index is -4.34. The number of anilines is 1. The highest BCUT2D eigenvalue weighted by Crippen LogP contribution is 2.29. The average molecular weight is 384 g/mol. The lowest BCUT2D eigenvalue weighted by Crippen LogP contribution is -2.04. The van der Waals surface area contributed by atoms with E-state index in [1.165, 1.54) is 17.7 Å². The Kier molecular flexibility index (Phi) is 5.99. The average Bonchev–Trinajstić information content (AvgIpc) is 2.68. The van der Waals surface area contributed by atoms with Gasteiger partial charge in [0.15, 0.2) is 0 Å². The van der Waals surface area contributed by atoms with Crippen LogP contribution in [0.5, 0.6) is 5.75 Å². The summed E-state index contributed by atoms with van der Waals surface area (Å²) in [5.74, 6) is 0.744. The summed E-state index contributed by atoms with van der Waals surface area (Å²) < 4.78 is 43.3. The quantitative estimate of drug-likeness (QED) is 0.415. The van der Waals surface area contributed by atoms with E-state index in [0.717, 1.165) is 29.0 Å². The van der Waals surface area contributed by atoms with Crippen molar-refractivity contribution < 1.29 is 17.9 Å². The molecule has 0 saturated carbocycles. The fourth-order valence-electron chi connectivity index (χ4n) is 2.42. The van der Waals surface area contributed by atoms with Crippen molar-refractivity contribution in [1.29, 1.82) is 0 Å². The van der Waals surface area contributed by atoms with Gasteiger partial charge in [-0.15, -0.1) is 0 Å². The number of ether oxygens (including phenoxy) is 1. The molecule has 3 rings (SSSR count). The highest BCUT2D eigenvalue weighted by molar-refractivity contribution is 5.80. The zero-order valence-corrected chi connectivity index (χ0v) is 15.2. The van der Waals surface area contributed by atoms with E-state index in [0.29, 0.717) is 12.3 Å². The molecular weight excluding hydrogens is 365 g/mol. The van der Waals surface area contributed by atoms with Gasteiger partial charge in [-0.25, -0.2) is 0 Å². The topological polar surface area (TPSA) is 33.6 Å². The Morgan fingerprint density at radius 1 is 0.893 bits per heavy atom. The summed E-state index contributed by atoms with van der Waals surface area (Å²) in [6.07, 6.45) is -2.76. The highest BCUT2D eigenvalue weighted by Gasteiger charge is 2.29. The van der Waals surface area contributed by atoms with Crippen LogP contribution >= 0.6 is 0 Å². The second kappa shape index (κ2) is 8.61. The molecule has 0 amide bonds. The number of hydrazone groups is 1. The van der Waals surface area contributed by atoms with Crippen molar-refractivity contribution in [3.8, 4) is 5.75 Å². The van der Waals surface area contributed by atoms with Gasteiger partial charge >= 0.3 is 6.18 Å². The number of hydrogen-bond acceptors (Lipinski definition) is 3. The van der Waals surface area contributed by atoms with Gasteiger partial charge in [0.05, 0.1) is 17.5 Å². The van der Waals surface area contributed by atoms with Crippen LogP contribution in [0, 0.1) is 6.92 Å². The first-order valence-corrected chi connectivity index (χ1v) is 8.65. The Balaban J connectivity index is 1.51. The van der Waals surface area contributed by atoms with Crippen molar-refractivity contribution in [2.45, 2.75) is 19.7 Å². The Bertz CT molecular complexity index is 916. The number of rotatable bonds is 6. The van der Waals surface area contributed by atoms with Gasteiger partial charge in [0, 0.05) is 0 Å². The summed E-state index contributed by atoms with van der Waals surface area (Å²) in [7, 11) is 0. The zero-order valence-electron chi connectivity index (χ0n) is 15.2. The molecule has 0 saturated heterocycles. The van der Waals surface area contributed by atoms with Crippen LogP contribution in [-0.4, -0.2) is 6.21 Å². The Morgan fingerprint density at radius 2 is 1.54 bits per heavy atom. The maximum Gasteiger partial charge on any atom is 0.416 e. The van der Waals surface area contributed by atoms with E-state index >= 15 is 0 Å². The van der Waals surface area contributed by atoms with Crippen LogP contribution in [0.3, 0.4) is 0 Å². The molecule has 0 atom stereocenters. The Morgan fingerprint density at radius 3 is 2.14 bits per heavy atom. The second-order valence-electron chi connectivity index (χ2n) is 6.29. The second-order valence-corrected chi connectivity index (χ2v) is 6.29. The van der Waals surface area contributed by atoms with Gasteiger partial charge in [-0.05, 0) is 66.6 Å². The normalized spacial score (nSPS) is 11.6. The Labute approximate surface area is 161 Å². The van der Waals surface area contributed by atoms with Crippen LogP contribution in [0.15, 0.2) is 77.9 Å². The van der Waals surface area contributed by atoms with E-state index in [4.69, 9.17) is 4.74 Å². The fourth-order valence-corrected chi connectivity index (χ4v) is 2.42. The molecule has 3 aromatic carbocycles. The SMILES string of the molecule is Cc1ccc(COc2ccc(C=NNc3ccc(C(F)(F)F)cc3)cc2)cc1. The molecule has 0 spiro atoms. The van der Waals surface area contributed by atoms with E-state index in [-0.39, 0.29) is 0 Å². The predicted molar refractivity (Wildman–Crippen MR) is 105 cm³/mol. The maximum absolute atomic E-state index is 12.5. The lowest BCUT2D eigenvalue weighted by Gasteiger charge is -2.07. The van der Waals surface area contributed by atoms with Crippen molar-refractivity contribution in [3.63, 3.8) is 0 Å². The van der Waals surface area contributed by atoms with Crippen molar-refractivity contribution >= 4 is 11.9 Å². The minimum absolute atomic E-state index is 0.474. The largest absolute Gasteiger partial charge is 0.489 e. The molecule has 0 radical (unpaired) electrons. The Hall–Kier alpha value is -3.28. The molecule has 1 N–H and O–H groups in total. The van der Waals surface area contributed by atoms with Crippen molar-refractivity contribution in [3.05, 3.63) is 95.1 Å². The third kappa shape index (κ3) is 5.61. The molecule has 0 aliphatic heterocycles. The summed E-state index contributed by atoms with van der Waals surface area (Å²) in [6.45, 7) is 2.53. The van der Waals surface area contributed by atoms with Crippen LogP contribution in [0.2, 0.25) is 0 Å². The third-order valence-corrected chi connectivity index (χ3v) is 4.03. The molecule has 0 aliphatic carbocycles. The predicted octanol–water partition coefficient (Wildman–Crippen LogP) is 6.04. The minimum Gasteiger partial charge on any atom is -0.489 e. The maximum atomic E-state index is 12.5. The van der Waals surface area contributed by atoms with E-state index < -0.39 is 11.7 Å². The molecule has 0 aliphatic rings. The summed E-state index contributed by atoms with van der Waals surface area (Å²) >= 11 is 0. The summed E-state index contributed by atoms with van der Waals surface area (Å²) in [5.41, 5.74) is 5.63. The lowest BCUT2D eigenvalue weighted by atomic mass is 10.2. The number of alkyl halides is 3. The van der Waals surface area contributed by atoms with Gasteiger partial charge in [-0.2, -0.15) is 18.3 Å². The number of halogens is 3. The molecule has 0 bridgehead atoms. The molecule has 0 heterocycles. The molecule has 6 heteroatoms. The first kappa shape index (κ1) is 19.5. The number of nitrogens with zero attached hydrogens (tertiary/aromatic N) is 1. The van der Waals surface area contributed by atoms with Crippen LogP contribution < -0.4 is 10.2 Å². The molecule has 28 heavy (non-hydrogen) atoms. The fraction of sp³-hybridized carbons (Fsp3) is 0.136. The monoisotopic (exact) mass is 384 g/mol. The van der Waals surface area contributed by atoms with Crippen molar-refractivity contribution in [1.82, 2.24) is 0 Å². The van der Waals surface area contributed by atoms with Crippen LogP contribution in [0.4, 0.5) is 18.9 Å². The van der Waals surface area contributed by atoms with E-state index in [1.807, 2.05) is 55.5 Å². The highest BCUT2D eigenvalue weighted by atomic mass is 19.4. The molecule has 0 unspecified atom stereocenters. The van der Waals surface area contributed by atoms with E-state index in [9.17, 15) is 13.2 Å². The van der Waals surface area contributed by atoms with Gasteiger partial charge < -0.3 is 4.74 Å². The first-order chi connectivity index (χ1) is 13.4. The van der Waals surface area contributed by atoms with Gasteiger partial charge in [0.25, 0.3) is 0 Å². The molecular formula is C22H19F3N2O.